The van der Waals surface area contributed by atoms with Gasteiger partial charge in [0.2, 0.25) is 0 Å². The van der Waals surface area contributed by atoms with Crippen LogP contribution in [0.15, 0.2) is 22.8 Å². The van der Waals surface area contributed by atoms with E-state index in [1.54, 1.807) is 0 Å². The number of halogens is 1. The summed E-state index contributed by atoms with van der Waals surface area (Å²) in [6.07, 6.45) is 4.64. The van der Waals surface area contributed by atoms with Gasteiger partial charge >= 0.3 is 0 Å². The van der Waals surface area contributed by atoms with E-state index >= 15 is 0 Å². The number of aromatic nitrogens is 1. The van der Waals surface area contributed by atoms with Crippen molar-refractivity contribution in [3.8, 4) is 0 Å². The molecule has 0 saturated heterocycles. The molecule has 0 spiro atoms. The van der Waals surface area contributed by atoms with E-state index < -0.39 is 0 Å². The number of pyridine rings is 1. The quantitative estimate of drug-likeness (QED) is 0.892. The fourth-order valence-electron chi connectivity index (χ4n) is 1.60. The Bertz CT molecular complexity index is 310. The van der Waals surface area contributed by atoms with Crippen molar-refractivity contribution in [2.24, 2.45) is 11.8 Å². The minimum Gasteiger partial charge on any atom is -0.370 e. The highest BCUT2D eigenvalue weighted by Gasteiger charge is 2.27. The summed E-state index contributed by atoms with van der Waals surface area (Å²) in [5.74, 6) is 2.69. The SMILES string of the molecule is CC(CNc1cc(Br)ccn1)C1CC1. The van der Waals surface area contributed by atoms with Crippen molar-refractivity contribution in [1.82, 2.24) is 4.98 Å². The van der Waals surface area contributed by atoms with Crippen molar-refractivity contribution >= 4 is 21.7 Å². The maximum Gasteiger partial charge on any atom is 0.127 e. The molecule has 1 heterocycles. The summed E-state index contributed by atoms with van der Waals surface area (Å²) in [5.41, 5.74) is 0. The van der Waals surface area contributed by atoms with Crippen molar-refractivity contribution in [1.29, 1.82) is 0 Å². The molecule has 1 fully saturated rings. The highest BCUT2D eigenvalue weighted by atomic mass is 79.9. The monoisotopic (exact) mass is 254 g/mol. The van der Waals surface area contributed by atoms with Gasteiger partial charge in [0.25, 0.3) is 0 Å². The van der Waals surface area contributed by atoms with Crippen LogP contribution >= 0.6 is 15.9 Å². The van der Waals surface area contributed by atoms with Gasteiger partial charge in [-0.2, -0.15) is 0 Å². The standard InChI is InChI=1S/C11H15BrN2/c1-8(9-2-3-9)7-14-11-6-10(12)4-5-13-11/h4-6,8-9H,2-3,7H2,1H3,(H,13,14). The van der Waals surface area contributed by atoms with E-state index in [1.807, 2.05) is 18.3 Å². The Hall–Kier alpha value is -0.570. The maximum absolute atomic E-state index is 4.25. The van der Waals surface area contributed by atoms with Crippen LogP contribution in [0, 0.1) is 11.8 Å². The predicted molar refractivity (Wildman–Crippen MR) is 62.3 cm³/mol. The Balaban J connectivity index is 1.84. The highest BCUT2D eigenvalue weighted by Crippen LogP contribution is 2.36. The van der Waals surface area contributed by atoms with Crippen molar-refractivity contribution in [3.05, 3.63) is 22.8 Å². The van der Waals surface area contributed by atoms with Gasteiger partial charge in [-0.25, -0.2) is 4.98 Å². The Morgan fingerprint density at radius 1 is 1.64 bits per heavy atom. The zero-order valence-corrected chi connectivity index (χ0v) is 9.92. The molecule has 3 heteroatoms. The third-order valence-electron chi connectivity index (χ3n) is 2.75. The van der Waals surface area contributed by atoms with E-state index in [-0.39, 0.29) is 0 Å². The number of anilines is 1. The zero-order chi connectivity index (χ0) is 9.97. The van der Waals surface area contributed by atoms with Crippen LogP contribution < -0.4 is 5.32 Å². The van der Waals surface area contributed by atoms with E-state index in [2.05, 4.69) is 33.2 Å². The van der Waals surface area contributed by atoms with Gasteiger partial charge in [-0.3, -0.25) is 0 Å². The normalized spacial score (nSPS) is 17.9. The van der Waals surface area contributed by atoms with Crippen LogP contribution in [0.4, 0.5) is 5.82 Å². The lowest BCUT2D eigenvalue weighted by molar-refractivity contribution is 0.536. The molecule has 1 unspecified atom stereocenters. The number of hydrogen-bond donors (Lipinski definition) is 1. The summed E-state index contributed by atoms with van der Waals surface area (Å²) in [6.45, 7) is 3.34. The van der Waals surface area contributed by atoms with Crippen molar-refractivity contribution in [2.45, 2.75) is 19.8 Å². The second-order valence-electron chi connectivity index (χ2n) is 4.05. The Labute approximate surface area is 93.3 Å². The van der Waals surface area contributed by atoms with Crippen LogP contribution in [0.1, 0.15) is 19.8 Å². The molecule has 14 heavy (non-hydrogen) atoms. The lowest BCUT2D eigenvalue weighted by atomic mass is 10.1. The second kappa shape index (κ2) is 4.30. The fourth-order valence-corrected chi connectivity index (χ4v) is 1.93. The van der Waals surface area contributed by atoms with Crippen LogP contribution in [-0.4, -0.2) is 11.5 Å². The lowest BCUT2D eigenvalue weighted by Crippen LogP contribution is -2.13. The van der Waals surface area contributed by atoms with E-state index in [0.717, 1.165) is 28.7 Å². The summed E-state index contributed by atoms with van der Waals surface area (Å²) in [5, 5.41) is 3.37. The molecular formula is C11H15BrN2. The molecule has 1 aliphatic rings. The molecule has 1 aromatic rings. The number of nitrogens with one attached hydrogen (secondary N) is 1. The summed E-state index contributed by atoms with van der Waals surface area (Å²) < 4.78 is 1.08. The predicted octanol–water partition coefficient (Wildman–Crippen LogP) is 3.30. The Morgan fingerprint density at radius 3 is 3.07 bits per heavy atom. The molecule has 0 aromatic carbocycles. The summed E-state index contributed by atoms with van der Waals surface area (Å²) >= 11 is 3.43. The van der Waals surface area contributed by atoms with Crippen LogP contribution in [0.2, 0.25) is 0 Å². The van der Waals surface area contributed by atoms with E-state index in [9.17, 15) is 0 Å². The number of hydrogen-bond acceptors (Lipinski definition) is 2. The molecule has 1 N–H and O–H groups in total. The lowest BCUT2D eigenvalue weighted by Gasteiger charge is -2.11. The number of nitrogens with zero attached hydrogens (tertiary/aromatic N) is 1. The number of rotatable bonds is 4. The van der Waals surface area contributed by atoms with Crippen LogP contribution in [0.3, 0.4) is 0 Å². The summed E-state index contributed by atoms with van der Waals surface area (Å²) in [7, 11) is 0. The van der Waals surface area contributed by atoms with Gasteiger partial charge in [-0.1, -0.05) is 22.9 Å². The molecule has 2 nitrogen and oxygen atoms in total. The molecular weight excluding hydrogens is 240 g/mol. The first-order valence-electron chi connectivity index (χ1n) is 5.11. The van der Waals surface area contributed by atoms with Gasteiger partial charge < -0.3 is 5.32 Å². The first-order valence-corrected chi connectivity index (χ1v) is 5.90. The molecule has 2 rings (SSSR count). The van der Waals surface area contributed by atoms with Crippen molar-refractivity contribution in [2.75, 3.05) is 11.9 Å². The molecule has 76 valence electrons. The smallest absolute Gasteiger partial charge is 0.127 e. The molecule has 0 amide bonds. The second-order valence-corrected chi connectivity index (χ2v) is 4.97. The zero-order valence-electron chi connectivity index (χ0n) is 8.33. The van der Waals surface area contributed by atoms with Crippen LogP contribution in [0.25, 0.3) is 0 Å². The Kier molecular flexibility index (Phi) is 3.06. The van der Waals surface area contributed by atoms with Crippen molar-refractivity contribution in [3.63, 3.8) is 0 Å². The van der Waals surface area contributed by atoms with Gasteiger partial charge in [0.1, 0.15) is 5.82 Å². The molecule has 1 saturated carbocycles. The van der Waals surface area contributed by atoms with E-state index in [4.69, 9.17) is 0 Å². The first-order chi connectivity index (χ1) is 6.75. The summed E-state index contributed by atoms with van der Waals surface area (Å²) in [6, 6.07) is 3.95. The van der Waals surface area contributed by atoms with E-state index in [1.165, 1.54) is 12.8 Å². The van der Waals surface area contributed by atoms with Crippen molar-refractivity contribution < 1.29 is 0 Å². The van der Waals surface area contributed by atoms with Gasteiger partial charge in [0.05, 0.1) is 0 Å². The molecule has 1 atom stereocenters. The molecule has 1 aromatic heterocycles. The summed E-state index contributed by atoms with van der Waals surface area (Å²) in [4.78, 5) is 4.25. The largest absolute Gasteiger partial charge is 0.370 e. The van der Waals surface area contributed by atoms with Gasteiger partial charge in [0.15, 0.2) is 0 Å². The third kappa shape index (κ3) is 2.71. The molecule has 0 bridgehead atoms. The minimum atomic E-state index is 0.774. The van der Waals surface area contributed by atoms with E-state index in [0.29, 0.717) is 0 Å². The first kappa shape index (κ1) is 9.97. The molecule has 1 aliphatic carbocycles. The fraction of sp³-hybridized carbons (Fsp3) is 0.545. The maximum atomic E-state index is 4.25. The minimum absolute atomic E-state index is 0.774. The third-order valence-corrected chi connectivity index (χ3v) is 3.25. The van der Waals surface area contributed by atoms with Gasteiger partial charge in [0, 0.05) is 17.2 Å². The van der Waals surface area contributed by atoms with Crippen LogP contribution in [0.5, 0.6) is 0 Å². The average Bonchev–Trinajstić information content (AvgIpc) is 2.97. The van der Waals surface area contributed by atoms with Gasteiger partial charge in [-0.15, -0.1) is 0 Å². The molecule has 0 radical (unpaired) electrons. The highest BCUT2D eigenvalue weighted by molar-refractivity contribution is 9.10. The topological polar surface area (TPSA) is 24.9 Å². The average molecular weight is 255 g/mol. The van der Waals surface area contributed by atoms with Crippen LogP contribution in [-0.2, 0) is 0 Å². The van der Waals surface area contributed by atoms with Gasteiger partial charge in [-0.05, 0) is 36.8 Å². The Morgan fingerprint density at radius 2 is 2.43 bits per heavy atom. The molecule has 0 aliphatic heterocycles.